The minimum Gasteiger partial charge on any atom is -0.497 e. The first kappa shape index (κ1) is 18.9. The molecule has 0 saturated heterocycles. The molecule has 6 nitrogen and oxygen atoms in total. The molecule has 1 aliphatic heterocycles. The third-order valence-electron chi connectivity index (χ3n) is 4.76. The number of aromatic carboxylic acids is 1. The highest BCUT2D eigenvalue weighted by molar-refractivity contribution is 5.88. The van der Waals surface area contributed by atoms with Crippen molar-refractivity contribution in [2.24, 2.45) is 0 Å². The maximum Gasteiger partial charge on any atom is 0.335 e. The SMILES string of the molecule is COc1cccc(COC(C)C(=O)N2CCc3ccc(C(=O)O)cc3C2)c1. The van der Waals surface area contributed by atoms with Crippen molar-refractivity contribution in [1.82, 2.24) is 4.90 Å². The van der Waals surface area contributed by atoms with E-state index in [2.05, 4.69) is 0 Å². The topological polar surface area (TPSA) is 76.1 Å². The summed E-state index contributed by atoms with van der Waals surface area (Å²) in [6, 6.07) is 12.6. The van der Waals surface area contributed by atoms with Crippen LogP contribution >= 0.6 is 0 Å². The number of carboxylic acids is 1. The van der Waals surface area contributed by atoms with Crippen molar-refractivity contribution in [2.45, 2.75) is 32.6 Å². The Balaban J connectivity index is 1.62. The first-order chi connectivity index (χ1) is 13.0. The maximum atomic E-state index is 12.7. The summed E-state index contributed by atoms with van der Waals surface area (Å²) in [7, 11) is 1.61. The van der Waals surface area contributed by atoms with E-state index in [-0.39, 0.29) is 11.5 Å². The molecule has 0 radical (unpaired) electrons. The van der Waals surface area contributed by atoms with Crippen LogP contribution in [-0.4, -0.2) is 41.6 Å². The summed E-state index contributed by atoms with van der Waals surface area (Å²) in [5, 5.41) is 9.16. The number of nitrogens with zero attached hydrogens (tertiary/aromatic N) is 1. The number of ether oxygens (including phenoxy) is 2. The molecule has 0 aliphatic carbocycles. The molecule has 1 amide bonds. The van der Waals surface area contributed by atoms with Gasteiger partial charge in [-0.1, -0.05) is 18.2 Å². The van der Waals surface area contributed by atoms with E-state index in [4.69, 9.17) is 14.6 Å². The zero-order valence-corrected chi connectivity index (χ0v) is 15.5. The van der Waals surface area contributed by atoms with Gasteiger partial charge in [-0.3, -0.25) is 4.79 Å². The van der Waals surface area contributed by atoms with E-state index in [1.807, 2.05) is 30.3 Å². The van der Waals surface area contributed by atoms with E-state index >= 15 is 0 Å². The molecule has 0 saturated carbocycles. The number of benzene rings is 2. The van der Waals surface area contributed by atoms with Crippen LogP contribution in [0.4, 0.5) is 0 Å². The third kappa shape index (κ3) is 4.46. The predicted octanol–water partition coefficient (Wildman–Crippen LogP) is 2.88. The van der Waals surface area contributed by atoms with Crippen molar-refractivity contribution >= 4 is 11.9 Å². The predicted molar refractivity (Wildman–Crippen MR) is 99.8 cm³/mol. The smallest absolute Gasteiger partial charge is 0.335 e. The zero-order chi connectivity index (χ0) is 19.4. The van der Waals surface area contributed by atoms with Gasteiger partial charge in [0.25, 0.3) is 5.91 Å². The molecule has 1 atom stereocenters. The molecular weight excluding hydrogens is 346 g/mol. The van der Waals surface area contributed by atoms with Crippen LogP contribution in [0.25, 0.3) is 0 Å². The lowest BCUT2D eigenvalue weighted by Gasteiger charge is -2.31. The van der Waals surface area contributed by atoms with Crippen LogP contribution in [-0.2, 0) is 29.1 Å². The highest BCUT2D eigenvalue weighted by Gasteiger charge is 2.25. The number of carboxylic acid groups (broad SMARTS) is 1. The lowest BCUT2D eigenvalue weighted by molar-refractivity contribution is -0.144. The van der Waals surface area contributed by atoms with Gasteiger partial charge in [0.05, 0.1) is 19.3 Å². The van der Waals surface area contributed by atoms with E-state index in [0.717, 1.165) is 22.4 Å². The molecule has 0 bridgehead atoms. The fourth-order valence-electron chi connectivity index (χ4n) is 3.19. The van der Waals surface area contributed by atoms with Gasteiger partial charge in [-0.25, -0.2) is 4.79 Å². The molecule has 0 aromatic heterocycles. The minimum absolute atomic E-state index is 0.0933. The number of rotatable bonds is 6. The number of amides is 1. The van der Waals surface area contributed by atoms with Crippen molar-refractivity contribution in [3.63, 3.8) is 0 Å². The summed E-state index contributed by atoms with van der Waals surface area (Å²) >= 11 is 0. The molecule has 2 aromatic carbocycles. The third-order valence-corrected chi connectivity index (χ3v) is 4.76. The van der Waals surface area contributed by atoms with Gasteiger partial charge in [-0.2, -0.15) is 0 Å². The molecular formula is C21H23NO5. The Hall–Kier alpha value is -2.86. The van der Waals surface area contributed by atoms with Crippen LogP contribution < -0.4 is 4.74 Å². The summed E-state index contributed by atoms with van der Waals surface area (Å²) in [5.41, 5.74) is 3.15. The minimum atomic E-state index is -0.962. The second-order valence-corrected chi connectivity index (χ2v) is 6.60. The Morgan fingerprint density at radius 1 is 1.19 bits per heavy atom. The molecule has 27 heavy (non-hydrogen) atoms. The fourth-order valence-corrected chi connectivity index (χ4v) is 3.19. The van der Waals surface area contributed by atoms with Crippen LogP contribution in [0.1, 0.15) is 34.0 Å². The highest BCUT2D eigenvalue weighted by Crippen LogP contribution is 2.22. The zero-order valence-electron chi connectivity index (χ0n) is 15.5. The normalized spacial score (nSPS) is 14.4. The summed E-state index contributed by atoms with van der Waals surface area (Å²) in [4.78, 5) is 25.6. The van der Waals surface area contributed by atoms with Gasteiger partial charge in [0.2, 0.25) is 0 Å². The molecule has 1 aliphatic rings. The Morgan fingerprint density at radius 3 is 2.74 bits per heavy atom. The highest BCUT2D eigenvalue weighted by atomic mass is 16.5. The Labute approximate surface area is 158 Å². The Kier molecular flexibility index (Phi) is 5.76. The van der Waals surface area contributed by atoms with Gasteiger partial charge in [0.1, 0.15) is 11.9 Å². The van der Waals surface area contributed by atoms with Crippen LogP contribution in [0, 0.1) is 0 Å². The van der Waals surface area contributed by atoms with E-state index < -0.39 is 12.1 Å². The largest absolute Gasteiger partial charge is 0.497 e. The summed E-state index contributed by atoms with van der Waals surface area (Å²) in [6.45, 7) is 3.07. The van der Waals surface area contributed by atoms with Gasteiger partial charge in [-0.05, 0) is 54.3 Å². The van der Waals surface area contributed by atoms with Gasteiger partial charge >= 0.3 is 5.97 Å². The van der Waals surface area contributed by atoms with Crippen LogP contribution in [0.5, 0.6) is 5.75 Å². The first-order valence-corrected chi connectivity index (χ1v) is 8.86. The van der Waals surface area contributed by atoms with Crippen molar-refractivity contribution in [3.8, 4) is 5.75 Å². The van der Waals surface area contributed by atoms with Crippen molar-refractivity contribution in [3.05, 3.63) is 64.7 Å². The first-order valence-electron chi connectivity index (χ1n) is 8.86. The van der Waals surface area contributed by atoms with Gasteiger partial charge < -0.3 is 19.5 Å². The molecule has 1 heterocycles. The number of fused-ring (bicyclic) bond motifs is 1. The van der Waals surface area contributed by atoms with Crippen molar-refractivity contribution in [1.29, 1.82) is 0 Å². The fraction of sp³-hybridized carbons (Fsp3) is 0.333. The maximum absolute atomic E-state index is 12.7. The number of carbonyl (C=O) groups excluding carboxylic acids is 1. The number of carbonyl (C=O) groups is 2. The second kappa shape index (κ2) is 8.22. The quantitative estimate of drug-likeness (QED) is 0.847. The molecule has 2 aromatic rings. The summed E-state index contributed by atoms with van der Waals surface area (Å²) in [5.74, 6) is -0.308. The summed E-state index contributed by atoms with van der Waals surface area (Å²) in [6.07, 6.45) is 0.129. The Morgan fingerprint density at radius 2 is 2.00 bits per heavy atom. The Bertz CT molecular complexity index is 848. The molecule has 0 spiro atoms. The lowest BCUT2D eigenvalue weighted by atomic mass is 9.97. The monoisotopic (exact) mass is 369 g/mol. The average molecular weight is 369 g/mol. The molecule has 6 heteroatoms. The van der Waals surface area contributed by atoms with E-state index in [9.17, 15) is 9.59 Å². The van der Waals surface area contributed by atoms with Gasteiger partial charge in [0, 0.05) is 13.1 Å². The van der Waals surface area contributed by atoms with Crippen LogP contribution in [0.3, 0.4) is 0 Å². The summed E-state index contributed by atoms with van der Waals surface area (Å²) < 4.78 is 10.9. The van der Waals surface area contributed by atoms with E-state index in [1.54, 1.807) is 31.1 Å². The lowest BCUT2D eigenvalue weighted by Crippen LogP contribution is -2.42. The van der Waals surface area contributed by atoms with Crippen LogP contribution in [0.2, 0.25) is 0 Å². The van der Waals surface area contributed by atoms with Crippen LogP contribution in [0.15, 0.2) is 42.5 Å². The molecule has 1 N–H and O–H groups in total. The standard InChI is InChI=1S/C21H23NO5/c1-14(27-13-15-4-3-5-19(10-15)26-2)20(23)22-9-8-16-6-7-17(21(24)25)11-18(16)12-22/h3-7,10-11,14H,8-9,12-13H2,1-2H3,(H,24,25). The molecule has 3 rings (SSSR count). The number of methoxy groups -OCH3 is 1. The number of hydrogen-bond acceptors (Lipinski definition) is 4. The molecule has 0 fully saturated rings. The van der Waals surface area contributed by atoms with Crippen molar-refractivity contribution in [2.75, 3.05) is 13.7 Å². The van der Waals surface area contributed by atoms with E-state index in [0.29, 0.717) is 26.1 Å². The van der Waals surface area contributed by atoms with Gasteiger partial charge in [-0.15, -0.1) is 0 Å². The molecule has 142 valence electrons. The van der Waals surface area contributed by atoms with Crippen molar-refractivity contribution < 1.29 is 24.2 Å². The average Bonchev–Trinajstić information content (AvgIpc) is 2.70. The van der Waals surface area contributed by atoms with E-state index in [1.165, 1.54) is 0 Å². The molecule has 1 unspecified atom stereocenters. The second-order valence-electron chi connectivity index (χ2n) is 6.60. The van der Waals surface area contributed by atoms with Gasteiger partial charge in [0.15, 0.2) is 0 Å². The number of hydrogen-bond donors (Lipinski definition) is 1.